The van der Waals surface area contributed by atoms with Gasteiger partial charge in [0.1, 0.15) is 0 Å². The van der Waals surface area contributed by atoms with E-state index in [2.05, 4.69) is 27.1 Å². The highest BCUT2D eigenvalue weighted by molar-refractivity contribution is 5.78. The Hall–Kier alpha value is -2.32. The van der Waals surface area contributed by atoms with Crippen molar-refractivity contribution >= 4 is 10.9 Å². The van der Waals surface area contributed by atoms with Gasteiger partial charge in [-0.1, -0.05) is 11.8 Å². The van der Waals surface area contributed by atoms with E-state index in [0.29, 0.717) is 17.4 Å². The molecule has 0 aliphatic rings. The predicted octanol–water partition coefficient (Wildman–Crippen LogP) is -0.213. The molecule has 0 saturated heterocycles. The lowest BCUT2D eigenvalue weighted by Crippen LogP contribution is -2.21. The minimum Gasteiger partial charge on any atom is -0.309 e. The molecular weight excluding hydrogens is 218 g/mol. The Balaban J connectivity index is 2.56. The Morgan fingerprint density at radius 3 is 2.88 bits per heavy atom. The predicted molar refractivity (Wildman–Crippen MR) is 66.0 cm³/mol. The Morgan fingerprint density at radius 2 is 2.12 bits per heavy atom. The van der Waals surface area contributed by atoms with Gasteiger partial charge in [-0.15, -0.1) is 0 Å². The minimum atomic E-state index is -0.503. The number of nitrogens with one attached hydrogen (secondary N) is 3. The van der Waals surface area contributed by atoms with Gasteiger partial charge < -0.3 is 10.3 Å². The molecule has 2 aromatic rings. The molecule has 0 amide bonds. The minimum absolute atomic E-state index is 0.402. The summed E-state index contributed by atoms with van der Waals surface area (Å²) < 4.78 is 0. The third-order valence-electron chi connectivity index (χ3n) is 2.24. The van der Waals surface area contributed by atoms with E-state index in [1.54, 1.807) is 18.2 Å². The highest BCUT2D eigenvalue weighted by Crippen LogP contribution is 2.07. The quantitative estimate of drug-likeness (QED) is 0.592. The van der Waals surface area contributed by atoms with E-state index in [1.807, 2.05) is 7.05 Å². The summed E-state index contributed by atoms with van der Waals surface area (Å²) in [5.41, 5.74) is 0.348. The number of hydrogen-bond donors (Lipinski definition) is 3. The van der Waals surface area contributed by atoms with Crippen LogP contribution in [-0.4, -0.2) is 23.6 Å². The molecule has 2 rings (SSSR count). The molecule has 0 unspecified atom stereocenters. The van der Waals surface area contributed by atoms with Crippen LogP contribution in [0.1, 0.15) is 5.56 Å². The highest BCUT2D eigenvalue weighted by atomic mass is 16.2. The number of hydrogen-bond acceptors (Lipinski definition) is 3. The maximum atomic E-state index is 11.5. The number of benzene rings is 1. The second kappa shape index (κ2) is 4.68. The molecule has 0 radical (unpaired) electrons. The van der Waals surface area contributed by atoms with Crippen molar-refractivity contribution in [1.29, 1.82) is 0 Å². The monoisotopic (exact) mass is 229 g/mol. The van der Waals surface area contributed by atoms with Gasteiger partial charge >= 0.3 is 5.69 Å². The maximum Gasteiger partial charge on any atom is 0.326 e. The molecule has 1 heterocycles. The van der Waals surface area contributed by atoms with Crippen LogP contribution in [-0.2, 0) is 0 Å². The Morgan fingerprint density at radius 1 is 1.29 bits per heavy atom. The van der Waals surface area contributed by atoms with E-state index in [1.165, 1.54) is 0 Å². The van der Waals surface area contributed by atoms with E-state index in [0.717, 1.165) is 5.56 Å². The van der Waals surface area contributed by atoms with Crippen molar-refractivity contribution in [3.8, 4) is 11.8 Å². The molecule has 0 aliphatic carbocycles. The molecule has 3 N–H and O–H groups in total. The van der Waals surface area contributed by atoms with Crippen LogP contribution in [0.3, 0.4) is 0 Å². The Bertz CT molecular complexity index is 716. The zero-order chi connectivity index (χ0) is 12.3. The average Bonchev–Trinajstić information content (AvgIpc) is 2.30. The SMILES string of the molecule is CNCC#Cc1ccc2[nH]c(=O)[nH]c(=O)c2c1. The smallest absolute Gasteiger partial charge is 0.309 e. The first-order valence-electron chi connectivity index (χ1n) is 5.10. The van der Waals surface area contributed by atoms with E-state index >= 15 is 0 Å². The topological polar surface area (TPSA) is 77.8 Å². The summed E-state index contributed by atoms with van der Waals surface area (Å²) in [6, 6.07) is 5.10. The van der Waals surface area contributed by atoms with E-state index in [9.17, 15) is 9.59 Å². The second-order valence-corrected chi connectivity index (χ2v) is 3.50. The molecule has 5 heteroatoms. The van der Waals surface area contributed by atoms with Gasteiger partial charge in [0.15, 0.2) is 0 Å². The van der Waals surface area contributed by atoms with Gasteiger partial charge in [-0.25, -0.2) is 4.79 Å². The van der Waals surface area contributed by atoms with Gasteiger partial charge in [0.2, 0.25) is 0 Å². The van der Waals surface area contributed by atoms with Gasteiger partial charge in [-0.3, -0.25) is 9.78 Å². The van der Waals surface area contributed by atoms with Crippen LogP contribution in [0.4, 0.5) is 0 Å². The molecule has 0 bridgehead atoms. The lowest BCUT2D eigenvalue weighted by Gasteiger charge is -1.96. The average molecular weight is 229 g/mol. The van der Waals surface area contributed by atoms with Crippen molar-refractivity contribution in [2.24, 2.45) is 0 Å². The van der Waals surface area contributed by atoms with Crippen LogP contribution in [0.15, 0.2) is 27.8 Å². The molecule has 0 aliphatic heterocycles. The fraction of sp³-hybridized carbons (Fsp3) is 0.167. The first-order valence-corrected chi connectivity index (χ1v) is 5.10. The summed E-state index contributed by atoms with van der Waals surface area (Å²) in [7, 11) is 1.81. The lowest BCUT2D eigenvalue weighted by molar-refractivity contribution is 0.938. The molecule has 1 aromatic carbocycles. The molecule has 0 spiro atoms. The molecule has 0 fully saturated rings. The highest BCUT2D eigenvalue weighted by Gasteiger charge is 2.00. The van der Waals surface area contributed by atoms with Crippen LogP contribution in [0.5, 0.6) is 0 Å². The fourth-order valence-corrected chi connectivity index (χ4v) is 1.48. The van der Waals surface area contributed by atoms with Gasteiger partial charge in [0.05, 0.1) is 17.4 Å². The summed E-state index contributed by atoms with van der Waals surface area (Å²) in [5.74, 6) is 5.82. The number of fused-ring (bicyclic) bond motifs is 1. The number of H-pyrrole nitrogens is 2. The fourth-order valence-electron chi connectivity index (χ4n) is 1.48. The summed E-state index contributed by atoms with van der Waals surface area (Å²) in [6.45, 7) is 0.583. The largest absolute Gasteiger partial charge is 0.326 e. The van der Waals surface area contributed by atoms with Crippen LogP contribution in [0, 0.1) is 11.8 Å². The zero-order valence-corrected chi connectivity index (χ0v) is 9.26. The third kappa shape index (κ3) is 2.44. The van der Waals surface area contributed by atoms with Crippen molar-refractivity contribution in [2.45, 2.75) is 0 Å². The molecule has 0 atom stereocenters. The zero-order valence-electron chi connectivity index (χ0n) is 9.26. The molecule has 5 nitrogen and oxygen atoms in total. The third-order valence-corrected chi connectivity index (χ3v) is 2.24. The first-order chi connectivity index (χ1) is 8.20. The molecule has 17 heavy (non-hydrogen) atoms. The van der Waals surface area contributed by atoms with Crippen molar-refractivity contribution in [3.05, 3.63) is 44.6 Å². The van der Waals surface area contributed by atoms with Crippen LogP contribution < -0.4 is 16.6 Å². The lowest BCUT2D eigenvalue weighted by atomic mass is 10.1. The Kier molecular flexibility index (Phi) is 3.08. The van der Waals surface area contributed by atoms with Gasteiger partial charge in [-0.2, -0.15) is 0 Å². The van der Waals surface area contributed by atoms with Crippen molar-refractivity contribution < 1.29 is 0 Å². The van der Waals surface area contributed by atoms with Gasteiger partial charge in [0.25, 0.3) is 5.56 Å². The number of rotatable bonds is 1. The number of aromatic amines is 2. The maximum absolute atomic E-state index is 11.5. The first kappa shape index (κ1) is 11.2. The molecular formula is C12H11N3O2. The molecule has 86 valence electrons. The molecule has 0 saturated carbocycles. The van der Waals surface area contributed by atoms with Gasteiger partial charge in [-0.05, 0) is 25.2 Å². The second-order valence-electron chi connectivity index (χ2n) is 3.50. The summed E-state index contributed by atoms with van der Waals surface area (Å²) >= 11 is 0. The van der Waals surface area contributed by atoms with Crippen molar-refractivity contribution in [3.63, 3.8) is 0 Å². The standard InChI is InChI=1S/C12H11N3O2/c1-13-6-2-3-8-4-5-10-9(7-8)11(16)15-12(17)14-10/h4-5,7,13H,6H2,1H3,(H2,14,15,16,17). The van der Waals surface area contributed by atoms with E-state index in [4.69, 9.17) is 0 Å². The number of aromatic nitrogens is 2. The van der Waals surface area contributed by atoms with Gasteiger partial charge in [0, 0.05) is 5.56 Å². The normalized spacial score (nSPS) is 9.94. The van der Waals surface area contributed by atoms with Crippen LogP contribution in [0.2, 0.25) is 0 Å². The van der Waals surface area contributed by atoms with E-state index < -0.39 is 11.2 Å². The summed E-state index contributed by atoms with van der Waals surface area (Å²) in [6.07, 6.45) is 0. The molecule has 1 aromatic heterocycles. The van der Waals surface area contributed by atoms with Crippen LogP contribution in [0.25, 0.3) is 10.9 Å². The van der Waals surface area contributed by atoms with E-state index in [-0.39, 0.29) is 0 Å². The summed E-state index contributed by atoms with van der Waals surface area (Å²) in [4.78, 5) is 27.3. The summed E-state index contributed by atoms with van der Waals surface area (Å²) in [5, 5.41) is 3.34. The van der Waals surface area contributed by atoms with Crippen molar-refractivity contribution in [2.75, 3.05) is 13.6 Å². The van der Waals surface area contributed by atoms with Crippen molar-refractivity contribution in [1.82, 2.24) is 15.3 Å². The Labute approximate surface area is 96.9 Å². The van der Waals surface area contributed by atoms with Crippen LogP contribution >= 0.6 is 0 Å².